The van der Waals surface area contributed by atoms with Gasteiger partial charge in [0.05, 0.1) is 13.7 Å². The zero-order valence-corrected chi connectivity index (χ0v) is 13.5. The van der Waals surface area contributed by atoms with Crippen molar-refractivity contribution in [2.75, 3.05) is 13.7 Å². The first kappa shape index (κ1) is 16.1. The van der Waals surface area contributed by atoms with E-state index in [-0.39, 0.29) is 18.8 Å². The molecular weight excluding hydrogens is 266 g/mol. The number of rotatable bonds is 7. The number of methoxy groups -OCH3 is 1. The molecule has 1 heterocycles. The topological polar surface area (TPSA) is 50.7 Å². The molecule has 2 atom stereocenters. The summed E-state index contributed by atoms with van der Waals surface area (Å²) in [7, 11) is 1.70. The normalized spacial score (nSPS) is 18.5. The summed E-state index contributed by atoms with van der Waals surface area (Å²) in [5.41, 5.74) is 2.29. The third-order valence-electron chi connectivity index (χ3n) is 3.86. The number of nitrogens with one attached hydrogen (secondary N) is 1. The summed E-state index contributed by atoms with van der Waals surface area (Å²) in [4.78, 5) is 0. The molecule has 0 amide bonds. The lowest BCUT2D eigenvalue weighted by Crippen LogP contribution is -2.33. The largest absolute Gasteiger partial charge is 0.496 e. The highest BCUT2D eigenvalue weighted by Crippen LogP contribution is 2.34. The van der Waals surface area contributed by atoms with Gasteiger partial charge in [-0.15, -0.1) is 0 Å². The van der Waals surface area contributed by atoms with E-state index in [4.69, 9.17) is 9.47 Å². The molecule has 4 heteroatoms. The lowest BCUT2D eigenvalue weighted by molar-refractivity contribution is 0.223. The monoisotopic (exact) mass is 293 g/mol. The van der Waals surface area contributed by atoms with Crippen molar-refractivity contribution in [2.24, 2.45) is 5.92 Å². The Hall–Kier alpha value is -1.26. The Morgan fingerprint density at radius 3 is 2.81 bits per heavy atom. The van der Waals surface area contributed by atoms with Crippen molar-refractivity contribution in [1.82, 2.24) is 5.32 Å². The number of aliphatic hydroxyl groups excluding tert-OH is 1. The van der Waals surface area contributed by atoms with Crippen LogP contribution in [-0.4, -0.2) is 31.0 Å². The molecule has 1 aromatic carbocycles. The predicted octanol–water partition coefficient (Wildman–Crippen LogP) is 2.52. The summed E-state index contributed by atoms with van der Waals surface area (Å²) in [6.07, 6.45) is 2.13. The summed E-state index contributed by atoms with van der Waals surface area (Å²) in [5.74, 6) is 2.41. The fraction of sp³-hybridized carbons (Fsp3) is 0.647. The summed E-state index contributed by atoms with van der Waals surface area (Å²) in [6.45, 7) is 7.23. The van der Waals surface area contributed by atoms with E-state index in [1.54, 1.807) is 7.11 Å². The molecule has 2 rings (SSSR count). The van der Waals surface area contributed by atoms with Gasteiger partial charge in [-0.3, -0.25) is 0 Å². The molecule has 0 radical (unpaired) electrons. The zero-order valence-electron chi connectivity index (χ0n) is 13.5. The van der Waals surface area contributed by atoms with Gasteiger partial charge in [0.25, 0.3) is 0 Å². The fourth-order valence-corrected chi connectivity index (χ4v) is 2.86. The molecule has 0 fully saturated rings. The Kier molecular flexibility index (Phi) is 5.48. The van der Waals surface area contributed by atoms with E-state index < -0.39 is 0 Å². The lowest BCUT2D eigenvalue weighted by Gasteiger charge is -2.19. The van der Waals surface area contributed by atoms with Crippen LogP contribution < -0.4 is 14.8 Å². The molecule has 118 valence electrons. The van der Waals surface area contributed by atoms with Gasteiger partial charge >= 0.3 is 0 Å². The molecule has 1 aliphatic rings. The first-order chi connectivity index (χ1) is 10.0. The van der Waals surface area contributed by atoms with Gasteiger partial charge in [0, 0.05) is 30.1 Å². The van der Waals surface area contributed by atoms with Crippen LogP contribution >= 0.6 is 0 Å². The Morgan fingerprint density at radius 2 is 2.19 bits per heavy atom. The molecule has 0 spiro atoms. The van der Waals surface area contributed by atoms with Crippen LogP contribution in [0.25, 0.3) is 0 Å². The fourth-order valence-electron chi connectivity index (χ4n) is 2.86. The van der Waals surface area contributed by atoms with E-state index in [0.29, 0.717) is 12.5 Å². The van der Waals surface area contributed by atoms with Gasteiger partial charge in [-0.2, -0.15) is 0 Å². The van der Waals surface area contributed by atoms with Crippen LogP contribution in [0, 0.1) is 5.92 Å². The Morgan fingerprint density at radius 1 is 1.43 bits per heavy atom. The average Bonchev–Trinajstić information content (AvgIpc) is 2.80. The van der Waals surface area contributed by atoms with Crippen molar-refractivity contribution in [3.05, 3.63) is 23.3 Å². The summed E-state index contributed by atoms with van der Waals surface area (Å²) >= 11 is 0. The number of fused-ring (bicyclic) bond motifs is 1. The molecule has 21 heavy (non-hydrogen) atoms. The molecule has 4 nitrogen and oxygen atoms in total. The van der Waals surface area contributed by atoms with Crippen molar-refractivity contribution in [3.63, 3.8) is 0 Å². The van der Waals surface area contributed by atoms with Gasteiger partial charge in [-0.1, -0.05) is 13.8 Å². The number of aliphatic hydroxyl groups is 1. The van der Waals surface area contributed by atoms with Crippen molar-refractivity contribution in [3.8, 4) is 11.5 Å². The van der Waals surface area contributed by atoms with Gasteiger partial charge in [-0.05, 0) is 31.4 Å². The first-order valence-electron chi connectivity index (χ1n) is 7.74. The second kappa shape index (κ2) is 7.14. The minimum absolute atomic E-state index is 0.114. The van der Waals surface area contributed by atoms with Crippen molar-refractivity contribution >= 4 is 0 Å². The number of benzene rings is 1. The van der Waals surface area contributed by atoms with Gasteiger partial charge < -0.3 is 19.9 Å². The zero-order chi connectivity index (χ0) is 15.4. The second-order valence-electron chi connectivity index (χ2n) is 6.29. The number of ether oxygens (including phenoxy) is 2. The van der Waals surface area contributed by atoms with E-state index in [0.717, 1.165) is 29.9 Å². The molecule has 0 saturated heterocycles. The quantitative estimate of drug-likeness (QED) is 0.811. The van der Waals surface area contributed by atoms with E-state index in [2.05, 4.69) is 38.2 Å². The average molecular weight is 293 g/mol. The minimum Gasteiger partial charge on any atom is -0.496 e. The van der Waals surface area contributed by atoms with Crippen LogP contribution in [0.4, 0.5) is 0 Å². The maximum Gasteiger partial charge on any atom is 0.123 e. The maximum atomic E-state index is 9.45. The van der Waals surface area contributed by atoms with Crippen LogP contribution in [0.3, 0.4) is 0 Å². The van der Waals surface area contributed by atoms with Crippen molar-refractivity contribution < 1.29 is 14.6 Å². The highest BCUT2D eigenvalue weighted by atomic mass is 16.5. The van der Waals surface area contributed by atoms with E-state index in [1.807, 2.05) is 0 Å². The van der Waals surface area contributed by atoms with Crippen LogP contribution in [0.15, 0.2) is 12.1 Å². The minimum atomic E-state index is 0.114. The molecule has 1 aliphatic heterocycles. The lowest BCUT2D eigenvalue weighted by atomic mass is 10.0. The molecule has 2 unspecified atom stereocenters. The third-order valence-corrected chi connectivity index (χ3v) is 3.86. The van der Waals surface area contributed by atoms with E-state index >= 15 is 0 Å². The highest BCUT2D eigenvalue weighted by molar-refractivity contribution is 5.48. The Balaban J connectivity index is 2.07. The molecule has 0 bridgehead atoms. The third kappa shape index (κ3) is 4.11. The Bertz CT molecular complexity index is 473. The van der Waals surface area contributed by atoms with Crippen LogP contribution in [0.1, 0.15) is 38.3 Å². The first-order valence-corrected chi connectivity index (χ1v) is 7.74. The Labute approximate surface area is 127 Å². The molecule has 2 N–H and O–H groups in total. The summed E-state index contributed by atoms with van der Waals surface area (Å²) in [6, 6.07) is 4.25. The SMILES string of the molecule is COc1cc2c(cc1CNC(CO)CC(C)C)OC(C)C2. The van der Waals surface area contributed by atoms with Gasteiger partial charge in [0.1, 0.15) is 17.6 Å². The highest BCUT2D eigenvalue weighted by Gasteiger charge is 2.22. The van der Waals surface area contributed by atoms with Crippen LogP contribution in [0.5, 0.6) is 11.5 Å². The standard InChI is InChI=1S/C17H27NO3/c1-11(2)5-15(10-19)18-9-14-8-17-13(6-12(3)21-17)7-16(14)20-4/h7-8,11-12,15,18-19H,5-6,9-10H2,1-4H3. The van der Waals surface area contributed by atoms with Crippen LogP contribution in [0.2, 0.25) is 0 Å². The molecule has 0 saturated carbocycles. The number of hydrogen-bond acceptors (Lipinski definition) is 4. The second-order valence-corrected chi connectivity index (χ2v) is 6.29. The smallest absolute Gasteiger partial charge is 0.123 e. The van der Waals surface area contributed by atoms with Gasteiger partial charge in [0.15, 0.2) is 0 Å². The molecule has 0 aromatic heterocycles. The molecule has 0 aliphatic carbocycles. The summed E-state index contributed by atoms with van der Waals surface area (Å²) < 4.78 is 11.3. The van der Waals surface area contributed by atoms with E-state index in [1.165, 1.54) is 5.56 Å². The summed E-state index contributed by atoms with van der Waals surface area (Å²) in [5, 5.41) is 12.9. The maximum absolute atomic E-state index is 9.45. The van der Waals surface area contributed by atoms with Gasteiger partial charge in [0.2, 0.25) is 0 Å². The van der Waals surface area contributed by atoms with Crippen LogP contribution in [-0.2, 0) is 13.0 Å². The molecule has 1 aromatic rings. The van der Waals surface area contributed by atoms with Gasteiger partial charge in [-0.25, -0.2) is 0 Å². The predicted molar refractivity (Wildman–Crippen MR) is 84.0 cm³/mol. The van der Waals surface area contributed by atoms with Crippen molar-refractivity contribution in [1.29, 1.82) is 0 Å². The van der Waals surface area contributed by atoms with Crippen molar-refractivity contribution in [2.45, 2.75) is 52.3 Å². The number of hydrogen-bond donors (Lipinski definition) is 2. The van der Waals surface area contributed by atoms with E-state index in [9.17, 15) is 5.11 Å². The molecular formula is C17H27NO3.